The second-order valence-corrected chi connectivity index (χ2v) is 14.5. The molecule has 2 heterocycles. The SMILES string of the molecule is c1ccc(-c2cc(-c3ccccc3)cc(-c3ccc4c(c3)c3ccccc3n4-c3ccc(-c4ccc(-c5ccc6oc7ccccc7c6c5)cc4)cc3)c2)cc1. The predicted molar refractivity (Wildman–Crippen MR) is 235 cm³/mol. The van der Waals surface area contributed by atoms with Crippen LogP contribution in [0.4, 0.5) is 0 Å². The van der Waals surface area contributed by atoms with E-state index in [1.807, 2.05) is 12.1 Å². The van der Waals surface area contributed by atoms with Crippen LogP contribution in [-0.4, -0.2) is 4.57 Å². The van der Waals surface area contributed by atoms with Gasteiger partial charge in [0.2, 0.25) is 0 Å². The fraction of sp³-hybridized carbons (Fsp3) is 0. The highest BCUT2D eigenvalue weighted by molar-refractivity contribution is 6.11. The molecule has 2 nitrogen and oxygen atoms in total. The van der Waals surface area contributed by atoms with Crippen molar-refractivity contribution in [3.05, 3.63) is 212 Å². The Morgan fingerprint density at radius 3 is 1.36 bits per heavy atom. The molecule has 0 fully saturated rings. The van der Waals surface area contributed by atoms with Crippen molar-refractivity contribution in [3.63, 3.8) is 0 Å². The van der Waals surface area contributed by atoms with E-state index in [2.05, 4.69) is 205 Å². The highest BCUT2D eigenvalue weighted by Gasteiger charge is 2.15. The lowest BCUT2D eigenvalue weighted by Crippen LogP contribution is -1.94. The largest absolute Gasteiger partial charge is 0.456 e. The van der Waals surface area contributed by atoms with Crippen LogP contribution < -0.4 is 0 Å². The van der Waals surface area contributed by atoms with Gasteiger partial charge in [-0.25, -0.2) is 0 Å². The van der Waals surface area contributed by atoms with Crippen LogP contribution in [0, 0.1) is 0 Å². The van der Waals surface area contributed by atoms with Crippen molar-refractivity contribution in [3.8, 4) is 61.3 Å². The minimum Gasteiger partial charge on any atom is -0.456 e. The molecule has 0 spiro atoms. The molecule has 0 aliphatic rings. The Bertz CT molecular complexity index is 3150. The van der Waals surface area contributed by atoms with E-state index in [0.29, 0.717) is 0 Å². The molecule has 11 rings (SSSR count). The molecule has 56 heavy (non-hydrogen) atoms. The van der Waals surface area contributed by atoms with Crippen molar-refractivity contribution >= 4 is 43.7 Å². The van der Waals surface area contributed by atoms with Crippen molar-refractivity contribution in [2.75, 3.05) is 0 Å². The summed E-state index contributed by atoms with van der Waals surface area (Å²) < 4.78 is 8.46. The lowest BCUT2D eigenvalue weighted by atomic mass is 9.93. The maximum absolute atomic E-state index is 6.06. The quantitative estimate of drug-likeness (QED) is 0.168. The molecular weight excluding hydrogens is 679 g/mol. The third-order valence-corrected chi connectivity index (χ3v) is 11.2. The number of furan rings is 1. The second-order valence-electron chi connectivity index (χ2n) is 14.5. The van der Waals surface area contributed by atoms with Gasteiger partial charge in [-0.15, -0.1) is 0 Å². The fourth-order valence-corrected chi connectivity index (χ4v) is 8.38. The van der Waals surface area contributed by atoms with Crippen LogP contribution in [0.3, 0.4) is 0 Å². The van der Waals surface area contributed by atoms with Gasteiger partial charge in [0.1, 0.15) is 11.2 Å². The van der Waals surface area contributed by atoms with E-state index in [-0.39, 0.29) is 0 Å². The highest BCUT2D eigenvalue weighted by atomic mass is 16.3. The molecule has 262 valence electrons. The summed E-state index contributed by atoms with van der Waals surface area (Å²) in [5, 5.41) is 4.78. The molecule has 0 bridgehead atoms. The van der Waals surface area contributed by atoms with Crippen LogP contribution in [0.25, 0.3) is 105 Å². The lowest BCUT2D eigenvalue weighted by molar-refractivity contribution is 0.669. The van der Waals surface area contributed by atoms with Gasteiger partial charge in [-0.3, -0.25) is 0 Å². The topological polar surface area (TPSA) is 18.1 Å². The van der Waals surface area contributed by atoms with Crippen molar-refractivity contribution in [2.45, 2.75) is 0 Å². The zero-order valence-corrected chi connectivity index (χ0v) is 30.6. The van der Waals surface area contributed by atoms with Gasteiger partial charge < -0.3 is 8.98 Å². The van der Waals surface area contributed by atoms with Gasteiger partial charge in [0, 0.05) is 27.2 Å². The van der Waals surface area contributed by atoms with Crippen molar-refractivity contribution < 1.29 is 4.42 Å². The van der Waals surface area contributed by atoms with Gasteiger partial charge >= 0.3 is 0 Å². The smallest absolute Gasteiger partial charge is 0.135 e. The summed E-state index contributed by atoms with van der Waals surface area (Å²) in [6.07, 6.45) is 0. The first-order valence-corrected chi connectivity index (χ1v) is 19.2. The van der Waals surface area contributed by atoms with E-state index < -0.39 is 0 Å². The average molecular weight is 714 g/mol. The van der Waals surface area contributed by atoms with Gasteiger partial charge in [0.15, 0.2) is 0 Å². The van der Waals surface area contributed by atoms with Gasteiger partial charge in [-0.1, -0.05) is 146 Å². The third kappa shape index (κ3) is 5.51. The molecule has 0 radical (unpaired) electrons. The van der Waals surface area contributed by atoms with E-state index in [9.17, 15) is 0 Å². The van der Waals surface area contributed by atoms with Crippen molar-refractivity contribution in [2.24, 2.45) is 0 Å². The Labute approximate surface area is 325 Å². The Hall–Kier alpha value is -7.42. The number of fused-ring (bicyclic) bond motifs is 6. The van der Waals surface area contributed by atoms with E-state index in [1.54, 1.807) is 0 Å². The molecule has 0 aliphatic heterocycles. The molecule has 0 atom stereocenters. The van der Waals surface area contributed by atoms with Crippen LogP contribution in [0.15, 0.2) is 217 Å². The Morgan fingerprint density at radius 1 is 0.250 bits per heavy atom. The van der Waals surface area contributed by atoms with E-state index >= 15 is 0 Å². The van der Waals surface area contributed by atoms with Crippen LogP contribution in [-0.2, 0) is 0 Å². The van der Waals surface area contributed by atoms with Gasteiger partial charge in [0.05, 0.1) is 11.0 Å². The third-order valence-electron chi connectivity index (χ3n) is 11.2. The monoisotopic (exact) mass is 713 g/mol. The molecule has 0 unspecified atom stereocenters. The minimum absolute atomic E-state index is 0.918. The Balaban J connectivity index is 0.946. The summed E-state index contributed by atoms with van der Waals surface area (Å²) in [6.45, 7) is 0. The number of hydrogen-bond acceptors (Lipinski definition) is 1. The first-order valence-electron chi connectivity index (χ1n) is 19.2. The van der Waals surface area contributed by atoms with Crippen molar-refractivity contribution in [1.82, 2.24) is 4.57 Å². The zero-order chi connectivity index (χ0) is 37.0. The summed E-state index contributed by atoms with van der Waals surface area (Å²) in [5.41, 5.74) is 17.4. The number of rotatable bonds is 6. The highest BCUT2D eigenvalue weighted by Crippen LogP contribution is 2.39. The summed E-state index contributed by atoms with van der Waals surface area (Å²) >= 11 is 0. The first kappa shape index (κ1) is 32.0. The van der Waals surface area contributed by atoms with Gasteiger partial charge in [-0.2, -0.15) is 0 Å². The number of para-hydroxylation sites is 2. The maximum atomic E-state index is 6.06. The molecule has 0 saturated carbocycles. The van der Waals surface area contributed by atoms with Crippen LogP contribution in [0.5, 0.6) is 0 Å². The van der Waals surface area contributed by atoms with E-state index in [1.165, 1.54) is 77.4 Å². The van der Waals surface area contributed by atoms with E-state index in [4.69, 9.17) is 4.42 Å². The Morgan fingerprint density at radius 2 is 0.679 bits per heavy atom. The number of aromatic nitrogens is 1. The van der Waals surface area contributed by atoms with E-state index in [0.717, 1.165) is 27.6 Å². The average Bonchev–Trinajstić information content (AvgIpc) is 3.82. The molecule has 9 aromatic carbocycles. The molecule has 2 aromatic heterocycles. The summed E-state index contributed by atoms with van der Waals surface area (Å²) in [6, 6.07) is 76.6. The van der Waals surface area contributed by atoms with Gasteiger partial charge in [0.25, 0.3) is 0 Å². The molecule has 0 N–H and O–H groups in total. The lowest BCUT2D eigenvalue weighted by Gasteiger charge is -2.12. The summed E-state index contributed by atoms with van der Waals surface area (Å²) in [5.74, 6) is 0. The second kappa shape index (κ2) is 13.2. The fourth-order valence-electron chi connectivity index (χ4n) is 8.38. The van der Waals surface area contributed by atoms with Crippen LogP contribution >= 0.6 is 0 Å². The summed E-state index contributed by atoms with van der Waals surface area (Å²) in [4.78, 5) is 0. The molecule has 0 saturated heterocycles. The predicted octanol–water partition coefficient (Wildman–Crippen LogP) is 15.0. The number of nitrogens with zero attached hydrogens (tertiary/aromatic N) is 1. The van der Waals surface area contributed by atoms with Crippen LogP contribution in [0.1, 0.15) is 0 Å². The number of benzene rings is 9. The minimum atomic E-state index is 0.918. The standard InChI is InChI=1S/C54H35NO/c1-3-11-36(12-4-1)43-31-44(37-13-5-2-6-14-37)33-45(32-43)42-25-29-52-49(34-42)47-15-7-9-17-51(47)55(52)46-27-23-39(24-28-46)38-19-21-40(22-20-38)41-26-30-54-50(35-41)48-16-8-10-18-53(48)56-54/h1-35H. The maximum Gasteiger partial charge on any atom is 0.135 e. The number of hydrogen-bond donors (Lipinski definition) is 0. The van der Waals surface area contributed by atoms with Crippen LogP contribution in [0.2, 0.25) is 0 Å². The Kier molecular flexibility index (Phi) is 7.53. The normalized spacial score (nSPS) is 11.6. The van der Waals surface area contributed by atoms with Crippen molar-refractivity contribution in [1.29, 1.82) is 0 Å². The molecular formula is C54H35NO. The molecule has 11 aromatic rings. The molecule has 0 aliphatic carbocycles. The molecule has 0 amide bonds. The molecule has 2 heteroatoms. The van der Waals surface area contributed by atoms with Gasteiger partial charge in [-0.05, 0) is 122 Å². The first-order chi connectivity index (χ1) is 27.7. The summed E-state index contributed by atoms with van der Waals surface area (Å²) in [7, 11) is 0. The zero-order valence-electron chi connectivity index (χ0n) is 30.6.